The van der Waals surface area contributed by atoms with Gasteiger partial charge in [0.15, 0.2) is 11.5 Å². The van der Waals surface area contributed by atoms with Gasteiger partial charge in [-0.25, -0.2) is 8.42 Å². The van der Waals surface area contributed by atoms with E-state index in [0.717, 1.165) is 28.3 Å². The van der Waals surface area contributed by atoms with Crippen molar-refractivity contribution >= 4 is 27.5 Å². The van der Waals surface area contributed by atoms with Gasteiger partial charge >= 0.3 is 0 Å². The fourth-order valence-electron chi connectivity index (χ4n) is 4.75. The van der Waals surface area contributed by atoms with Crippen molar-refractivity contribution in [1.82, 2.24) is 10.2 Å². The first-order chi connectivity index (χ1) is 20.7. The van der Waals surface area contributed by atoms with Crippen molar-refractivity contribution in [3.8, 4) is 11.5 Å². The Labute approximate surface area is 255 Å². The molecule has 3 rings (SSSR count). The number of sulfonamides is 1. The number of ether oxygens (including phenoxy) is 2. The number of unbranched alkanes of at least 4 members (excludes halogenated alkanes) is 1. The molecule has 1 N–H and O–H groups in total. The molecule has 0 saturated heterocycles. The summed E-state index contributed by atoms with van der Waals surface area (Å²) in [5.74, 6) is -0.000847. The highest BCUT2D eigenvalue weighted by molar-refractivity contribution is 7.92. The Bertz CT molecular complexity index is 1450. The summed E-state index contributed by atoms with van der Waals surface area (Å²) in [6.07, 6.45) is 2.62. The number of carbonyl (C=O) groups is 2. The summed E-state index contributed by atoms with van der Waals surface area (Å²) in [5, 5.41) is 2.95. The zero-order valence-electron chi connectivity index (χ0n) is 25.7. The molecular formula is C33H43N3O6S. The number of anilines is 1. The van der Waals surface area contributed by atoms with Crippen LogP contribution in [0, 0.1) is 6.92 Å². The molecule has 0 spiro atoms. The van der Waals surface area contributed by atoms with Crippen LogP contribution in [-0.4, -0.2) is 65.0 Å². The molecule has 1 atom stereocenters. The molecule has 0 fully saturated rings. The van der Waals surface area contributed by atoms with Crippen LogP contribution in [-0.2, 0) is 26.0 Å². The number of hydrogen-bond donors (Lipinski definition) is 1. The Hall–Kier alpha value is -4.05. The molecule has 0 saturated carbocycles. The number of aryl methyl sites for hydroxylation is 1. The van der Waals surface area contributed by atoms with Gasteiger partial charge in [0.05, 0.1) is 24.8 Å². The lowest BCUT2D eigenvalue weighted by Crippen LogP contribution is -2.53. The highest BCUT2D eigenvalue weighted by Crippen LogP contribution is 2.34. The molecule has 43 heavy (non-hydrogen) atoms. The minimum absolute atomic E-state index is 0.0425. The molecule has 0 aliphatic heterocycles. The first-order valence-corrected chi connectivity index (χ1v) is 16.0. The molecule has 0 aliphatic carbocycles. The second kappa shape index (κ2) is 16.0. The number of methoxy groups -OCH3 is 2. The van der Waals surface area contributed by atoms with Gasteiger partial charge in [0.25, 0.3) is 10.0 Å². The van der Waals surface area contributed by atoms with E-state index in [1.165, 1.54) is 37.3 Å². The van der Waals surface area contributed by atoms with E-state index in [1.54, 1.807) is 24.3 Å². The molecule has 0 aliphatic rings. The van der Waals surface area contributed by atoms with Gasteiger partial charge in [-0.3, -0.25) is 13.9 Å². The molecule has 0 aromatic heterocycles. The molecule has 0 unspecified atom stereocenters. The van der Waals surface area contributed by atoms with Gasteiger partial charge in [-0.2, -0.15) is 0 Å². The standard InChI is InChI=1S/C33H43N3O6S/c1-6-8-21-34-33(38)29(7-2)35(22-20-26-12-10-9-11-13-26)32(37)24-36(27-16-19-30(41-4)31(23-27)42-5)43(39,40)28-17-14-25(3)15-18-28/h9-19,23,29H,6-8,20-22,24H2,1-5H3,(H,34,38)/t29-/m0/s1. The SMILES string of the molecule is CCCCNC(=O)[C@H](CC)N(CCc1ccccc1)C(=O)CN(c1ccc(OC)c(OC)c1)S(=O)(=O)c1ccc(C)cc1. The number of amides is 2. The maximum Gasteiger partial charge on any atom is 0.264 e. The number of carbonyl (C=O) groups excluding carboxylic acids is 2. The number of nitrogens with zero attached hydrogens (tertiary/aromatic N) is 2. The highest BCUT2D eigenvalue weighted by atomic mass is 32.2. The lowest BCUT2D eigenvalue weighted by Gasteiger charge is -2.33. The van der Waals surface area contributed by atoms with Crippen LogP contribution >= 0.6 is 0 Å². The summed E-state index contributed by atoms with van der Waals surface area (Å²) in [6, 6.07) is 20.1. The minimum Gasteiger partial charge on any atom is -0.493 e. The largest absolute Gasteiger partial charge is 0.493 e. The van der Waals surface area contributed by atoms with Crippen molar-refractivity contribution in [2.45, 2.75) is 57.4 Å². The summed E-state index contributed by atoms with van der Waals surface area (Å²) in [6.45, 7) is 5.99. The van der Waals surface area contributed by atoms with E-state index < -0.39 is 28.5 Å². The summed E-state index contributed by atoms with van der Waals surface area (Å²) >= 11 is 0. The monoisotopic (exact) mass is 609 g/mol. The number of hydrogen-bond acceptors (Lipinski definition) is 6. The van der Waals surface area contributed by atoms with E-state index in [2.05, 4.69) is 5.32 Å². The highest BCUT2D eigenvalue weighted by Gasteiger charge is 2.33. The minimum atomic E-state index is -4.19. The number of nitrogens with one attached hydrogen (secondary N) is 1. The van der Waals surface area contributed by atoms with Crippen LogP contribution in [0.25, 0.3) is 0 Å². The zero-order chi connectivity index (χ0) is 31.4. The van der Waals surface area contributed by atoms with Crippen LogP contribution in [0.1, 0.15) is 44.2 Å². The van der Waals surface area contributed by atoms with E-state index in [4.69, 9.17) is 9.47 Å². The first kappa shape index (κ1) is 33.5. The lowest BCUT2D eigenvalue weighted by atomic mass is 10.1. The Morgan fingerprint density at radius 2 is 1.58 bits per heavy atom. The molecule has 3 aromatic carbocycles. The Morgan fingerprint density at radius 1 is 0.907 bits per heavy atom. The molecule has 0 bridgehead atoms. The van der Waals surface area contributed by atoms with Crippen LogP contribution in [0.5, 0.6) is 11.5 Å². The Morgan fingerprint density at radius 3 is 2.19 bits per heavy atom. The first-order valence-electron chi connectivity index (χ1n) is 14.6. The van der Waals surface area contributed by atoms with Gasteiger partial charge in [0.1, 0.15) is 12.6 Å². The van der Waals surface area contributed by atoms with Crippen molar-refractivity contribution in [1.29, 1.82) is 0 Å². The van der Waals surface area contributed by atoms with E-state index in [0.29, 0.717) is 30.9 Å². The average Bonchev–Trinajstić information content (AvgIpc) is 3.02. The molecule has 10 heteroatoms. The normalized spacial score (nSPS) is 11.8. The molecule has 9 nitrogen and oxygen atoms in total. The van der Waals surface area contributed by atoms with Crippen LogP contribution in [0.2, 0.25) is 0 Å². The summed E-state index contributed by atoms with van der Waals surface area (Å²) in [5.41, 5.74) is 2.14. The maximum absolute atomic E-state index is 14.2. The fourth-order valence-corrected chi connectivity index (χ4v) is 6.15. The maximum atomic E-state index is 14.2. The van der Waals surface area contributed by atoms with Crippen LogP contribution in [0.15, 0.2) is 77.7 Å². The van der Waals surface area contributed by atoms with Crippen molar-refractivity contribution in [2.75, 3.05) is 38.2 Å². The smallest absolute Gasteiger partial charge is 0.264 e. The summed E-state index contributed by atoms with van der Waals surface area (Å²) < 4.78 is 40.0. The zero-order valence-corrected chi connectivity index (χ0v) is 26.5. The Kier molecular flexibility index (Phi) is 12.4. The molecule has 3 aromatic rings. The predicted octanol–water partition coefficient (Wildman–Crippen LogP) is 4.97. The third-order valence-corrected chi connectivity index (χ3v) is 9.03. The van der Waals surface area contributed by atoms with E-state index in [9.17, 15) is 18.0 Å². The van der Waals surface area contributed by atoms with Crippen LogP contribution in [0.3, 0.4) is 0 Å². The van der Waals surface area contributed by atoms with Crippen molar-refractivity contribution in [3.05, 3.63) is 83.9 Å². The van der Waals surface area contributed by atoms with E-state index >= 15 is 0 Å². The van der Waals surface area contributed by atoms with E-state index in [1.807, 2.05) is 51.1 Å². The van der Waals surface area contributed by atoms with Gasteiger partial charge in [-0.05, 0) is 56.0 Å². The third kappa shape index (κ3) is 8.73. The summed E-state index contributed by atoms with van der Waals surface area (Å²) in [7, 11) is -1.25. The van der Waals surface area contributed by atoms with Crippen LogP contribution < -0.4 is 19.1 Å². The molecular weight excluding hydrogens is 566 g/mol. The fraction of sp³-hybridized carbons (Fsp3) is 0.394. The summed E-state index contributed by atoms with van der Waals surface area (Å²) in [4.78, 5) is 29.0. The second-order valence-corrected chi connectivity index (χ2v) is 12.1. The quantitative estimate of drug-likeness (QED) is 0.230. The van der Waals surface area contributed by atoms with Gasteiger partial charge in [0.2, 0.25) is 11.8 Å². The van der Waals surface area contributed by atoms with Gasteiger partial charge in [-0.15, -0.1) is 0 Å². The van der Waals surface area contributed by atoms with Crippen molar-refractivity contribution < 1.29 is 27.5 Å². The van der Waals surface area contributed by atoms with Crippen molar-refractivity contribution in [3.63, 3.8) is 0 Å². The second-order valence-electron chi connectivity index (χ2n) is 10.3. The lowest BCUT2D eigenvalue weighted by molar-refractivity contribution is -0.139. The number of rotatable bonds is 16. The average molecular weight is 610 g/mol. The molecule has 0 radical (unpaired) electrons. The van der Waals surface area contributed by atoms with Crippen molar-refractivity contribution in [2.24, 2.45) is 0 Å². The van der Waals surface area contributed by atoms with Gasteiger partial charge < -0.3 is 19.7 Å². The molecule has 232 valence electrons. The predicted molar refractivity (Wildman–Crippen MR) is 169 cm³/mol. The van der Waals surface area contributed by atoms with E-state index in [-0.39, 0.29) is 23.0 Å². The number of benzene rings is 3. The van der Waals surface area contributed by atoms with Gasteiger partial charge in [0, 0.05) is 19.2 Å². The Balaban J connectivity index is 2.04. The third-order valence-electron chi connectivity index (χ3n) is 7.24. The molecule has 2 amide bonds. The topological polar surface area (TPSA) is 105 Å². The van der Waals surface area contributed by atoms with Crippen LogP contribution in [0.4, 0.5) is 5.69 Å². The van der Waals surface area contributed by atoms with Gasteiger partial charge in [-0.1, -0.05) is 68.3 Å². The molecule has 0 heterocycles.